The number of methoxy groups -OCH3 is 1. The molecule has 4 rings (SSSR count). The van der Waals surface area contributed by atoms with Gasteiger partial charge in [-0.2, -0.15) is 4.68 Å². The average Bonchev–Trinajstić information content (AvgIpc) is 3.39. The number of ether oxygens (including phenoxy) is 1. The summed E-state index contributed by atoms with van der Waals surface area (Å²) >= 11 is 1.68. The standard InChI is InChI=1S/C19H17N5O2S/c1-25-17-9-7-14(8-10-17)19-20-15(11-26-19)12-27-13-18-21-22-23-24(18)16-5-3-2-4-6-16/h2-11H,12-13H2,1H3. The first-order valence-electron chi connectivity index (χ1n) is 8.33. The predicted molar refractivity (Wildman–Crippen MR) is 103 cm³/mol. The van der Waals surface area contributed by atoms with E-state index < -0.39 is 0 Å². The third-order valence-corrected chi connectivity index (χ3v) is 4.87. The zero-order valence-electron chi connectivity index (χ0n) is 14.6. The van der Waals surface area contributed by atoms with Gasteiger partial charge in [-0.25, -0.2) is 4.98 Å². The van der Waals surface area contributed by atoms with E-state index in [0.29, 0.717) is 17.4 Å². The van der Waals surface area contributed by atoms with Crippen molar-refractivity contribution in [1.29, 1.82) is 0 Å². The molecule has 0 saturated heterocycles. The first kappa shape index (κ1) is 17.3. The molecule has 4 aromatic rings. The van der Waals surface area contributed by atoms with Crippen molar-refractivity contribution in [2.75, 3.05) is 7.11 Å². The van der Waals surface area contributed by atoms with Gasteiger partial charge in [-0.05, 0) is 46.8 Å². The first-order chi connectivity index (χ1) is 13.3. The van der Waals surface area contributed by atoms with E-state index in [9.17, 15) is 0 Å². The molecular formula is C19H17N5O2S. The minimum absolute atomic E-state index is 0.599. The lowest BCUT2D eigenvalue weighted by molar-refractivity contribution is 0.415. The van der Waals surface area contributed by atoms with E-state index in [1.54, 1.807) is 29.8 Å². The molecule has 0 N–H and O–H groups in total. The monoisotopic (exact) mass is 379 g/mol. The van der Waals surface area contributed by atoms with Gasteiger partial charge in [-0.15, -0.1) is 16.9 Å². The molecule has 0 aliphatic rings. The summed E-state index contributed by atoms with van der Waals surface area (Å²) < 4.78 is 12.5. The zero-order valence-corrected chi connectivity index (χ0v) is 15.5. The van der Waals surface area contributed by atoms with E-state index in [1.165, 1.54) is 0 Å². The van der Waals surface area contributed by atoms with Crippen LogP contribution in [0, 0.1) is 0 Å². The van der Waals surface area contributed by atoms with E-state index in [-0.39, 0.29) is 0 Å². The number of benzene rings is 2. The van der Waals surface area contributed by atoms with Crippen LogP contribution in [-0.4, -0.2) is 32.3 Å². The maximum Gasteiger partial charge on any atom is 0.226 e. The van der Waals surface area contributed by atoms with Crippen LogP contribution < -0.4 is 4.74 Å². The number of oxazole rings is 1. The van der Waals surface area contributed by atoms with Crippen LogP contribution in [0.4, 0.5) is 0 Å². The number of rotatable bonds is 7. The molecule has 7 nitrogen and oxygen atoms in total. The zero-order chi connectivity index (χ0) is 18.5. The number of hydrogen-bond acceptors (Lipinski definition) is 7. The maximum absolute atomic E-state index is 5.59. The number of aromatic nitrogens is 5. The second kappa shape index (κ2) is 8.05. The van der Waals surface area contributed by atoms with E-state index in [1.807, 2.05) is 54.6 Å². The Morgan fingerprint density at radius 3 is 2.63 bits per heavy atom. The van der Waals surface area contributed by atoms with E-state index in [4.69, 9.17) is 9.15 Å². The van der Waals surface area contributed by atoms with Gasteiger partial charge in [-0.1, -0.05) is 18.2 Å². The Morgan fingerprint density at radius 2 is 1.85 bits per heavy atom. The average molecular weight is 379 g/mol. The highest BCUT2D eigenvalue weighted by atomic mass is 32.2. The fraction of sp³-hybridized carbons (Fsp3) is 0.158. The molecule has 0 atom stereocenters. The topological polar surface area (TPSA) is 78.9 Å². The van der Waals surface area contributed by atoms with Crippen molar-refractivity contribution in [1.82, 2.24) is 25.2 Å². The molecule has 0 amide bonds. The minimum Gasteiger partial charge on any atom is -0.497 e. The van der Waals surface area contributed by atoms with Crippen LogP contribution in [0.15, 0.2) is 65.3 Å². The summed E-state index contributed by atoms with van der Waals surface area (Å²) in [7, 11) is 1.64. The van der Waals surface area contributed by atoms with Gasteiger partial charge in [0.2, 0.25) is 5.89 Å². The summed E-state index contributed by atoms with van der Waals surface area (Å²) in [6, 6.07) is 17.5. The third-order valence-electron chi connectivity index (χ3n) is 3.90. The summed E-state index contributed by atoms with van der Waals surface area (Å²) in [5.41, 5.74) is 2.74. The molecule has 0 bridgehead atoms. The molecule has 8 heteroatoms. The van der Waals surface area contributed by atoms with Gasteiger partial charge >= 0.3 is 0 Å². The number of tetrazole rings is 1. The number of thioether (sulfide) groups is 1. The Hall–Kier alpha value is -3.13. The molecule has 2 aromatic heterocycles. The summed E-state index contributed by atoms with van der Waals surface area (Å²) in [5, 5.41) is 12.0. The molecule has 0 aliphatic heterocycles. The van der Waals surface area contributed by atoms with Crippen molar-refractivity contribution in [2.24, 2.45) is 0 Å². The number of nitrogens with zero attached hydrogens (tertiary/aromatic N) is 5. The Bertz CT molecular complexity index is 998. The van der Waals surface area contributed by atoms with Crippen molar-refractivity contribution in [2.45, 2.75) is 11.5 Å². The van der Waals surface area contributed by atoms with E-state index >= 15 is 0 Å². The Labute approximate surface area is 160 Å². The summed E-state index contributed by atoms with van der Waals surface area (Å²) in [4.78, 5) is 4.55. The van der Waals surface area contributed by atoms with Gasteiger partial charge in [-0.3, -0.25) is 0 Å². The molecule has 0 fully saturated rings. The second-order valence-corrected chi connectivity index (χ2v) is 6.69. The quantitative estimate of drug-likeness (QED) is 0.484. The van der Waals surface area contributed by atoms with Gasteiger partial charge in [0.25, 0.3) is 0 Å². The summed E-state index contributed by atoms with van der Waals surface area (Å²) in [6.45, 7) is 0. The summed E-state index contributed by atoms with van der Waals surface area (Å²) in [5.74, 6) is 3.58. The van der Waals surface area contributed by atoms with Crippen molar-refractivity contribution in [3.05, 3.63) is 72.4 Å². The van der Waals surface area contributed by atoms with Crippen LogP contribution in [0.1, 0.15) is 11.5 Å². The molecule has 0 saturated carbocycles. The van der Waals surface area contributed by atoms with Gasteiger partial charge in [0.1, 0.15) is 12.0 Å². The van der Waals surface area contributed by atoms with Crippen LogP contribution >= 0.6 is 11.8 Å². The van der Waals surface area contributed by atoms with Gasteiger partial charge in [0, 0.05) is 11.3 Å². The molecule has 2 aromatic carbocycles. The molecule has 0 radical (unpaired) electrons. The largest absolute Gasteiger partial charge is 0.497 e. The fourth-order valence-corrected chi connectivity index (χ4v) is 3.36. The fourth-order valence-electron chi connectivity index (χ4n) is 2.55. The van der Waals surface area contributed by atoms with Gasteiger partial charge < -0.3 is 9.15 Å². The Kier molecular flexibility index (Phi) is 5.15. The van der Waals surface area contributed by atoms with Crippen LogP contribution in [0.2, 0.25) is 0 Å². The minimum atomic E-state index is 0.599. The normalized spacial score (nSPS) is 10.9. The number of hydrogen-bond donors (Lipinski definition) is 0. The van der Waals surface area contributed by atoms with Crippen LogP contribution in [0.25, 0.3) is 17.1 Å². The lowest BCUT2D eigenvalue weighted by Gasteiger charge is -2.03. The summed E-state index contributed by atoms with van der Waals surface area (Å²) in [6.07, 6.45) is 1.69. The highest BCUT2D eigenvalue weighted by molar-refractivity contribution is 7.97. The molecule has 2 heterocycles. The second-order valence-electron chi connectivity index (χ2n) is 5.71. The highest BCUT2D eigenvalue weighted by Gasteiger charge is 2.10. The van der Waals surface area contributed by atoms with Crippen LogP contribution in [-0.2, 0) is 11.5 Å². The Balaban J connectivity index is 1.38. The third kappa shape index (κ3) is 4.01. The van der Waals surface area contributed by atoms with E-state index in [0.717, 1.165) is 28.5 Å². The smallest absolute Gasteiger partial charge is 0.226 e. The Morgan fingerprint density at radius 1 is 1.04 bits per heavy atom. The molecule has 0 spiro atoms. The SMILES string of the molecule is COc1ccc(-c2nc(CSCc3nnnn3-c3ccccc3)co2)cc1. The molecule has 0 aliphatic carbocycles. The lowest BCUT2D eigenvalue weighted by atomic mass is 10.2. The maximum atomic E-state index is 5.59. The van der Waals surface area contributed by atoms with Gasteiger partial charge in [0.05, 0.1) is 24.2 Å². The van der Waals surface area contributed by atoms with E-state index in [2.05, 4.69) is 20.5 Å². The predicted octanol–water partition coefficient (Wildman–Crippen LogP) is 3.76. The van der Waals surface area contributed by atoms with Crippen molar-refractivity contribution >= 4 is 11.8 Å². The molecular weight excluding hydrogens is 362 g/mol. The van der Waals surface area contributed by atoms with Crippen molar-refractivity contribution < 1.29 is 9.15 Å². The lowest BCUT2D eigenvalue weighted by Crippen LogP contribution is -2.02. The molecule has 0 unspecified atom stereocenters. The van der Waals surface area contributed by atoms with Crippen LogP contribution in [0.3, 0.4) is 0 Å². The number of para-hydroxylation sites is 1. The van der Waals surface area contributed by atoms with Crippen molar-refractivity contribution in [3.8, 4) is 22.9 Å². The highest BCUT2D eigenvalue weighted by Crippen LogP contribution is 2.24. The molecule has 27 heavy (non-hydrogen) atoms. The van der Waals surface area contributed by atoms with Crippen LogP contribution in [0.5, 0.6) is 5.75 Å². The molecule has 136 valence electrons. The van der Waals surface area contributed by atoms with Crippen molar-refractivity contribution in [3.63, 3.8) is 0 Å². The first-order valence-corrected chi connectivity index (χ1v) is 9.48. The van der Waals surface area contributed by atoms with Gasteiger partial charge in [0.15, 0.2) is 5.82 Å².